The third-order valence-corrected chi connectivity index (χ3v) is 17.7. The van der Waals surface area contributed by atoms with Crippen molar-refractivity contribution in [1.29, 1.82) is 0 Å². The van der Waals surface area contributed by atoms with Gasteiger partial charge in [0.25, 0.3) is 0 Å². The summed E-state index contributed by atoms with van der Waals surface area (Å²) in [6.07, 6.45) is 5.11. The fourth-order valence-electron chi connectivity index (χ4n) is 5.41. The Kier molecular flexibility index (Phi) is 37.8. The van der Waals surface area contributed by atoms with E-state index in [0.717, 1.165) is 57.4 Å². The molecule has 0 aliphatic carbocycles. The van der Waals surface area contributed by atoms with E-state index >= 15 is 0 Å². The maximum atomic E-state index is 4.94. The number of hydrogen-bond donors (Lipinski definition) is 2. The van der Waals surface area contributed by atoms with Crippen molar-refractivity contribution in [1.82, 2.24) is 4.90 Å². The first-order chi connectivity index (χ1) is 26.0. The normalized spacial score (nSPS) is 14.5. The van der Waals surface area contributed by atoms with E-state index in [1.54, 1.807) is 0 Å². The van der Waals surface area contributed by atoms with Crippen LogP contribution in [0.4, 0.5) is 11.4 Å². The summed E-state index contributed by atoms with van der Waals surface area (Å²) < 4.78 is 19.5. The van der Waals surface area contributed by atoms with Crippen LogP contribution in [0.25, 0.3) is 19.9 Å². The number of nitrogens with one attached hydrogen (secondary N) is 2. The SMILES string of the molecule is C1CCOC1.C1CCOC1.CN(C)CCN=C([N-]c1ccccc1)C([N-]c1ccccc1)=[NH+]CC[NH+](C)C.C[Si](C)(C)[N-][Si](C)(C)C.C[Si](C)(C)[N-][Si](C)(C)C.[Ca+2].[Ca+2]. The number of amidine groups is 2. The van der Waals surface area contributed by atoms with Gasteiger partial charge >= 0.3 is 75.5 Å². The van der Waals surface area contributed by atoms with E-state index in [9.17, 15) is 0 Å². The van der Waals surface area contributed by atoms with Crippen LogP contribution in [0.5, 0.6) is 0 Å². The first-order valence-electron chi connectivity index (χ1n) is 20.7. The molecule has 2 aliphatic rings. The minimum absolute atomic E-state index is 0. The van der Waals surface area contributed by atoms with Crippen molar-refractivity contribution in [2.45, 2.75) is 104 Å². The van der Waals surface area contributed by atoms with Crippen LogP contribution in [0.15, 0.2) is 65.7 Å². The summed E-state index contributed by atoms with van der Waals surface area (Å²) in [6, 6.07) is 19.8. The van der Waals surface area contributed by atoms with Gasteiger partial charge in [-0.2, -0.15) is 0 Å². The molecule has 16 heteroatoms. The molecule has 0 bridgehead atoms. The molecule has 0 radical (unpaired) electrons. The molecule has 322 valence electrons. The predicted octanol–water partition coefficient (Wildman–Crippen LogP) is 7.87. The molecule has 0 amide bonds. The molecule has 2 aromatic rings. The number of quaternary nitrogens is 1. The molecule has 2 fully saturated rings. The Bertz CT molecular complexity index is 1170. The Morgan fingerprint density at radius 1 is 0.621 bits per heavy atom. The zero-order valence-electron chi connectivity index (χ0n) is 40.2. The summed E-state index contributed by atoms with van der Waals surface area (Å²) in [5, 5.41) is 9.59. The number of hydrogen-bond acceptors (Lipinski definition) is 4. The van der Waals surface area contributed by atoms with E-state index in [2.05, 4.69) is 103 Å². The van der Waals surface area contributed by atoms with Crippen molar-refractivity contribution < 1.29 is 19.4 Å². The molecule has 2 aromatic carbocycles. The molecule has 2 saturated heterocycles. The van der Waals surface area contributed by atoms with Gasteiger partial charge in [0.05, 0.1) is 32.9 Å². The molecule has 2 N–H and O–H groups in total. The quantitative estimate of drug-likeness (QED) is 0.129. The average molecular weight is 926 g/mol. The molecule has 2 heterocycles. The molecule has 0 spiro atoms. The second kappa shape index (κ2) is 34.9. The molecule has 0 aromatic heterocycles. The van der Waals surface area contributed by atoms with Gasteiger partial charge in [0.2, 0.25) is 0 Å². The third kappa shape index (κ3) is 44.6. The number of benzene rings is 2. The standard InChI is InChI=1S/C22H30N6.2C6H18NSi2.2C4H8O.2Ca/c1-27(2)17-15-23-21(25-19-11-7-5-8-12-19)22(24-16-18-28(3)4)26-20-13-9-6-10-14-20;2*1-8(2,3)7-9(4,5)6;2*1-2-4-5-3-1;;/h5-14H,15-18H2,1-4H3;2*1-6H3;2*1-4H2;;/q-2;2*-1;;;2*+2/p+2. The maximum Gasteiger partial charge on any atom is 2.00 e. The minimum atomic E-state index is -1.11. The number of aliphatic imine (C=N–C) groups is 1. The van der Waals surface area contributed by atoms with Crippen molar-refractivity contribution >= 4 is 131 Å². The van der Waals surface area contributed by atoms with Crippen LogP contribution < -0.4 is 9.89 Å². The van der Waals surface area contributed by atoms with Gasteiger partial charge in [-0.3, -0.25) is 0 Å². The molecular formula is C42H84Ca2N8O2Si4+2. The van der Waals surface area contributed by atoms with Crippen LogP contribution in [-0.4, -0.2) is 206 Å². The van der Waals surface area contributed by atoms with Crippen LogP contribution in [0.3, 0.4) is 0 Å². The average Bonchev–Trinajstić information content (AvgIpc) is 3.82. The first-order valence-corrected chi connectivity index (χ1v) is 34.5. The van der Waals surface area contributed by atoms with Gasteiger partial charge in [-0.15, -0.1) is 0 Å². The van der Waals surface area contributed by atoms with Gasteiger partial charge in [-0.25, -0.2) is 5.32 Å². The van der Waals surface area contributed by atoms with Gasteiger partial charge in [0.1, 0.15) is 5.84 Å². The molecule has 4 rings (SSSR count). The van der Waals surface area contributed by atoms with Gasteiger partial charge in [-0.1, -0.05) is 160 Å². The summed E-state index contributed by atoms with van der Waals surface area (Å²) >= 11 is 0. The van der Waals surface area contributed by atoms with Crippen LogP contribution in [0.1, 0.15) is 25.7 Å². The molecule has 0 atom stereocenters. The third-order valence-electron chi connectivity index (χ3n) is 6.92. The molecule has 10 nitrogen and oxygen atoms in total. The number of para-hydroxylation sites is 2. The molecule has 0 saturated carbocycles. The summed E-state index contributed by atoms with van der Waals surface area (Å²) in [5.74, 6) is 1.33. The van der Waals surface area contributed by atoms with Gasteiger partial charge in [0, 0.05) is 26.4 Å². The fraction of sp³-hybridized carbons (Fsp3) is 0.667. The van der Waals surface area contributed by atoms with Crippen LogP contribution in [0.2, 0.25) is 78.6 Å². The summed E-state index contributed by atoms with van der Waals surface area (Å²) in [6.45, 7) is 34.9. The van der Waals surface area contributed by atoms with Crippen LogP contribution in [-0.2, 0) is 9.47 Å². The predicted molar refractivity (Wildman–Crippen MR) is 270 cm³/mol. The van der Waals surface area contributed by atoms with Crippen LogP contribution in [0, 0.1) is 0 Å². The largest absolute Gasteiger partial charge is 2.00 e. The van der Waals surface area contributed by atoms with E-state index in [1.165, 1.54) is 30.6 Å². The number of likely N-dealkylation sites (N-methyl/N-ethyl adjacent to an activating group) is 2. The zero-order chi connectivity index (χ0) is 42.7. The molecule has 0 unspecified atom stereocenters. The monoisotopic (exact) mass is 925 g/mol. The van der Waals surface area contributed by atoms with E-state index in [1.807, 2.05) is 74.8 Å². The van der Waals surface area contributed by atoms with Gasteiger partial charge in [-0.05, 0) is 76.5 Å². The summed E-state index contributed by atoms with van der Waals surface area (Å²) in [7, 11) is 3.93. The minimum Gasteiger partial charge on any atom is -0.668 e. The topological polar surface area (TPSA) is 109 Å². The zero-order valence-corrected chi connectivity index (χ0v) is 48.6. The fourth-order valence-corrected chi connectivity index (χ4v) is 21.5. The number of nitrogens with zero attached hydrogens (tertiary/aromatic N) is 6. The van der Waals surface area contributed by atoms with Crippen LogP contribution >= 0.6 is 0 Å². The van der Waals surface area contributed by atoms with Crippen molar-refractivity contribution in [3.8, 4) is 0 Å². The van der Waals surface area contributed by atoms with E-state index in [4.69, 9.17) is 34.4 Å². The molecular weight excluding hydrogens is 841 g/mol. The Morgan fingerprint density at radius 2 is 0.983 bits per heavy atom. The van der Waals surface area contributed by atoms with Crippen molar-refractivity contribution in [3.63, 3.8) is 0 Å². The number of rotatable bonds is 12. The van der Waals surface area contributed by atoms with E-state index in [0.29, 0.717) is 18.2 Å². The first kappa shape index (κ1) is 62.8. The van der Waals surface area contributed by atoms with Crippen molar-refractivity contribution in [2.24, 2.45) is 4.99 Å². The Morgan fingerprint density at radius 3 is 1.26 bits per heavy atom. The molecule has 58 heavy (non-hydrogen) atoms. The van der Waals surface area contributed by atoms with Crippen molar-refractivity contribution in [3.05, 3.63) is 80.6 Å². The van der Waals surface area contributed by atoms with Gasteiger partial charge < -0.3 is 43.9 Å². The Balaban J connectivity index is -0.000000815. The summed E-state index contributed by atoms with van der Waals surface area (Å²) in [5.41, 5.74) is 1.75. The summed E-state index contributed by atoms with van der Waals surface area (Å²) in [4.78, 5) is 11.7. The Labute approximate surface area is 421 Å². The van der Waals surface area contributed by atoms with E-state index in [-0.39, 0.29) is 75.5 Å². The van der Waals surface area contributed by atoms with E-state index < -0.39 is 32.9 Å². The second-order valence-electron chi connectivity index (χ2n) is 18.7. The second-order valence-corrected chi connectivity index (χ2v) is 37.8. The maximum absolute atomic E-state index is 4.94. The molecule has 2 aliphatic heterocycles. The smallest absolute Gasteiger partial charge is 0.668 e. The van der Waals surface area contributed by atoms with Gasteiger partial charge in [0.15, 0.2) is 0 Å². The Hall–Kier alpha value is 0.527. The van der Waals surface area contributed by atoms with Crippen molar-refractivity contribution in [2.75, 3.05) is 80.8 Å². The number of ether oxygens (including phenoxy) is 2.